The minimum Gasteiger partial charge on any atom is -0.396 e. The molecular weight excluding hydrogens is 290 g/mol. The minimum atomic E-state index is -0.0345. The van der Waals surface area contributed by atoms with Gasteiger partial charge in [0.25, 0.3) is 0 Å². The predicted molar refractivity (Wildman–Crippen MR) is 81.9 cm³/mol. The molecule has 1 aliphatic heterocycles. The van der Waals surface area contributed by atoms with E-state index in [2.05, 4.69) is 15.0 Å². The van der Waals surface area contributed by atoms with Gasteiger partial charge in [0.2, 0.25) is 0 Å². The third-order valence-electron chi connectivity index (χ3n) is 3.53. The maximum atomic E-state index is 8.77. The van der Waals surface area contributed by atoms with Crippen molar-refractivity contribution in [2.24, 2.45) is 0 Å². The number of aliphatic hydroxyl groups is 1. The molecule has 3 rings (SSSR count). The van der Waals surface area contributed by atoms with Crippen LogP contribution in [-0.4, -0.2) is 48.8 Å². The number of imidazole rings is 1. The monoisotopic (exact) mass is 309 g/mol. The Labute approximate surface area is 126 Å². The molecule has 0 aromatic carbocycles. The van der Waals surface area contributed by atoms with Gasteiger partial charge in [0.05, 0.1) is 12.4 Å². The average molecular weight is 309 g/mol. The van der Waals surface area contributed by atoms with Crippen molar-refractivity contribution in [3.63, 3.8) is 0 Å². The van der Waals surface area contributed by atoms with E-state index in [-0.39, 0.29) is 18.9 Å². The molecule has 1 saturated heterocycles. The van der Waals surface area contributed by atoms with E-state index in [0.29, 0.717) is 11.3 Å². The fourth-order valence-electron chi connectivity index (χ4n) is 2.48. The zero-order valence-electron chi connectivity index (χ0n) is 11.7. The highest BCUT2D eigenvalue weighted by atomic mass is 32.2. The fraction of sp³-hybridized carbons (Fsp3) is 0.615. The average Bonchev–Trinajstić information content (AvgIpc) is 3.10. The molecule has 0 bridgehead atoms. The molecular formula is C13H19N5O2S. The van der Waals surface area contributed by atoms with E-state index in [9.17, 15) is 0 Å². The van der Waals surface area contributed by atoms with E-state index < -0.39 is 0 Å². The zero-order chi connectivity index (χ0) is 14.7. The second kappa shape index (κ2) is 6.59. The van der Waals surface area contributed by atoms with E-state index in [4.69, 9.17) is 15.6 Å². The molecule has 0 aliphatic carbocycles. The van der Waals surface area contributed by atoms with Crippen LogP contribution in [-0.2, 0) is 4.74 Å². The number of nitrogens with two attached hydrogens (primary N) is 1. The van der Waals surface area contributed by atoms with Gasteiger partial charge in [-0.2, -0.15) is 11.8 Å². The summed E-state index contributed by atoms with van der Waals surface area (Å²) in [7, 11) is 0. The Balaban J connectivity index is 1.64. The standard InChI is InChI=1S/C13H19N5O2S/c14-12-11-13(16-7-15-12)18(8-17-11)10-3-2-9(20-10)6-21-5-1-4-19/h7-10,19H,1-6H2,(H2,14,15,16)/t9-,10+/m0/s1. The van der Waals surface area contributed by atoms with Gasteiger partial charge in [-0.15, -0.1) is 0 Å². The second-order valence-electron chi connectivity index (χ2n) is 5.03. The van der Waals surface area contributed by atoms with E-state index in [1.165, 1.54) is 6.33 Å². The van der Waals surface area contributed by atoms with E-state index in [0.717, 1.165) is 36.4 Å². The molecule has 2 aromatic heterocycles. The summed E-state index contributed by atoms with van der Waals surface area (Å²) in [6.07, 6.45) is 6.19. The first kappa shape index (κ1) is 14.6. The van der Waals surface area contributed by atoms with Crippen LogP contribution in [0.2, 0.25) is 0 Å². The number of nitrogen functional groups attached to an aromatic ring is 1. The Kier molecular flexibility index (Phi) is 4.57. The first-order valence-corrected chi connectivity index (χ1v) is 8.22. The lowest BCUT2D eigenvalue weighted by molar-refractivity contribution is 0.0153. The Bertz CT molecular complexity index is 605. The van der Waals surface area contributed by atoms with Gasteiger partial charge in [0.1, 0.15) is 18.1 Å². The number of anilines is 1. The summed E-state index contributed by atoms with van der Waals surface area (Å²) in [4.78, 5) is 12.5. The largest absolute Gasteiger partial charge is 0.396 e. The highest BCUT2D eigenvalue weighted by Gasteiger charge is 2.28. The smallest absolute Gasteiger partial charge is 0.167 e. The Hall–Kier alpha value is -1.38. The Morgan fingerprint density at radius 2 is 2.29 bits per heavy atom. The van der Waals surface area contributed by atoms with Crippen LogP contribution >= 0.6 is 11.8 Å². The second-order valence-corrected chi connectivity index (χ2v) is 6.17. The molecule has 1 aliphatic rings. The lowest BCUT2D eigenvalue weighted by Gasteiger charge is -2.15. The maximum Gasteiger partial charge on any atom is 0.167 e. The molecule has 0 spiro atoms. The highest BCUT2D eigenvalue weighted by Crippen LogP contribution is 2.32. The summed E-state index contributed by atoms with van der Waals surface area (Å²) >= 11 is 1.82. The summed E-state index contributed by atoms with van der Waals surface area (Å²) in [5.74, 6) is 2.33. The number of aromatic nitrogens is 4. The van der Waals surface area contributed by atoms with E-state index in [1.807, 2.05) is 16.3 Å². The van der Waals surface area contributed by atoms with Crippen molar-refractivity contribution in [3.05, 3.63) is 12.7 Å². The third-order valence-corrected chi connectivity index (χ3v) is 4.72. The van der Waals surface area contributed by atoms with Crippen molar-refractivity contribution in [1.82, 2.24) is 19.5 Å². The van der Waals surface area contributed by atoms with Gasteiger partial charge < -0.3 is 15.6 Å². The predicted octanol–water partition coefficient (Wildman–Crippen LogP) is 1.20. The van der Waals surface area contributed by atoms with E-state index in [1.54, 1.807) is 6.33 Å². The number of hydrogen-bond acceptors (Lipinski definition) is 7. The Morgan fingerprint density at radius 1 is 1.38 bits per heavy atom. The van der Waals surface area contributed by atoms with Gasteiger partial charge in [0, 0.05) is 12.4 Å². The third kappa shape index (κ3) is 3.12. The highest BCUT2D eigenvalue weighted by molar-refractivity contribution is 7.99. The number of hydrogen-bond donors (Lipinski definition) is 2. The number of thioether (sulfide) groups is 1. The Morgan fingerprint density at radius 3 is 3.14 bits per heavy atom. The summed E-state index contributed by atoms with van der Waals surface area (Å²) in [5, 5.41) is 8.77. The molecule has 3 N–H and O–H groups in total. The van der Waals surface area contributed by atoms with E-state index >= 15 is 0 Å². The van der Waals surface area contributed by atoms with Crippen molar-refractivity contribution in [1.29, 1.82) is 0 Å². The zero-order valence-corrected chi connectivity index (χ0v) is 12.5. The SMILES string of the molecule is Nc1ncnc2c1ncn2[C@H]1CC[C@@H](CSCCCO)O1. The lowest BCUT2D eigenvalue weighted by Crippen LogP contribution is -2.13. The number of fused-ring (bicyclic) bond motifs is 1. The summed E-state index contributed by atoms with van der Waals surface area (Å²) in [5.41, 5.74) is 7.15. The van der Waals surface area contributed by atoms with Crippen molar-refractivity contribution < 1.29 is 9.84 Å². The van der Waals surface area contributed by atoms with Crippen molar-refractivity contribution in [3.8, 4) is 0 Å². The molecule has 114 valence electrons. The van der Waals surface area contributed by atoms with Gasteiger partial charge in [-0.3, -0.25) is 4.57 Å². The van der Waals surface area contributed by atoms with Gasteiger partial charge >= 0.3 is 0 Å². The molecule has 3 heterocycles. The van der Waals surface area contributed by atoms with Crippen LogP contribution in [0.15, 0.2) is 12.7 Å². The first-order chi connectivity index (χ1) is 10.3. The number of ether oxygens (including phenoxy) is 1. The van der Waals surface area contributed by atoms with Gasteiger partial charge in [-0.1, -0.05) is 0 Å². The van der Waals surface area contributed by atoms with Crippen LogP contribution in [0.1, 0.15) is 25.5 Å². The summed E-state index contributed by atoms with van der Waals surface area (Å²) in [6.45, 7) is 0.253. The summed E-state index contributed by atoms with van der Waals surface area (Å²) < 4.78 is 8.01. The molecule has 21 heavy (non-hydrogen) atoms. The molecule has 7 nitrogen and oxygen atoms in total. The quantitative estimate of drug-likeness (QED) is 0.773. The number of aliphatic hydroxyl groups excluding tert-OH is 1. The van der Waals surface area contributed by atoms with Crippen LogP contribution < -0.4 is 5.73 Å². The van der Waals surface area contributed by atoms with Crippen LogP contribution in [0, 0.1) is 0 Å². The normalized spacial score (nSPS) is 22.1. The number of rotatable bonds is 6. The van der Waals surface area contributed by atoms with Crippen LogP contribution in [0.4, 0.5) is 5.82 Å². The molecule has 1 fully saturated rings. The summed E-state index contributed by atoms with van der Waals surface area (Å²) in [6, 6.07) is 0. The maximum absolute atomic E-state index is 8.77. The molecule has 2 aromatic rings. The van der Waals surface area contributed by atoms with Crippen LogP contribution in [0.3, 0.4) is 0 Å². The molecule has 8 heteroatoms. The molecule has 0 unspecified atom stereocenters. The molecule has 0 amide bonds. The van der Waals surface area contributed by atoms with Crippen LogP contribution in [0.25, 0.3) is 11.2 Å². The fourth-order valence-corrected chi connectivity index (χ4v) is 3.48. The van der Waals surface area contributed by atoms with Gasteiger partial charge in [0.15, 0.2) is 11.5 Å². The van der Waals surface area contributed by atoms with Gasteiger partial charge in [-0.25, -0.2) is 15.0 Å². The minimum absolute atomic E-state index is 0.0345. The number of nitrogens with zero attached hydrogens (tertiary/aromatic N) is 4. The molecule has 0 saturated carbocycles. The topological polar surface area (TPSA) is 99.1 Å². The lowest BCUT2D eigenvalue weighted by atomic mass is 10.2. The van der Waals surface area contributed by atoms with Crippen molar-refractivity contribution in [2.75, 3.05) is 23.8 Å². The molecule has 0 radical (unpaired) electrons. The van der Waals surface area contributed by atoms with Crippen molar-refractivity contribution >= 4 is 28.7 Å². The van der Waals surface area contributed by atoms with Gasteiger partial charge in [-0.05, 0) is 25.0 Å². The molecule has 2 atom stereocenters. The first-order valence-electron chi connectivity index (χ1n) is 7.06. The van der Waals surface area contributed by atoms with Crippen molar-refractivity contribution in [2.45, 2.75) is 31.6 Å². The van der Waals surface area contributed by atoms with Crippen LogP contribution in [0.5, 0.6) is 0 Å².